The third kappa shape index (κ3) is 3.59. The van der Waals surface area contributed by atoms with Crippen LogP contribution in [-0.4, -0.2) is 16.9 Å². The van der Waals surface area contributed by atoms with E-state index < -0.39 is 0 Å². The van der Waals surface area contributed by atoms with Crippen molar-refractivity contribution in [3.8, 4) is 5.75 Å². The van der Waals surface area contributed by atoms with Crippen molar-refractivity contribution in [3.05, 3.63) is 64.4 Å². The maximum absolute atomic E-state index is 13.0. The Labute approximate surface area is 159 Å². The zero-order chi connectivity index (χ0) is 18.8. The molecule has 0 radical (unpaired) electrons. The summed E-state index contributed by atoms with van der Waals surface area (Å²) in [7, 11) is 0. The van der Waals surface area contributed by atoms with Gasteiger partial charge in [0.05, 0.1) is 11.8 Å². The summed E-state index contributed by atoms with van der Waals surface area (Å²) in [5, 5.41) is 15.6. The maximum atomic E-state index is 13.0. The number of fused-ring (bicyclic) bond motifs is 1. The van der Waals surface area contributed by atoms with Crippen molar-refractivity contribution < 1.29 is 19.1 Å². The third-order valence-electron chi connectivity index (χ3n) is 4.50. The predicted octanol–water partition coefficient (Wildman–Crippen LogP) is 4.43. The van der Waals surface area contributed by atoms with Crippen LogP contribution < -0.4 is 10.6 Å². The number of nitrogens with one attached hydrogen (secondary N) is 2. The number of benzene rings is 1. The molecule has 6 nitrogen and oxygen atoms in total. The van der Waals surface area contributed by atoms with Gasteiger partial charge in [-0.3, -0.25) is 9.59 Å². The molecule has 0 spiro atoms. The largest absolute Gasteiger partial charge is 0.508 e. The van der Waals surface area contributed by atoms with Crippen molar-refractivity contribution in [2.45, 2.75) is 25.7 Å². The first-order chi connectivity index (χ1) is 13.1. The Morgan fingerprint density at radius 1 is 1.00 bits per heavy atom. The van der Waals surface area contributed by atoms with Crippen molar-refractivity contribution in [3.63, 3.8) is 0 Å². The van der Waals surface area contributed by atoms with Gasteiger partial charge in [0.25, 0.3) is 11.8 Å². The number of amides is 2. The van der Waals surface area contributed by atoms with E-state index in [1.54, 1.807) is 24.3 Å². The number of hydrogen-bond donors (Lipinski definition) is 3. The van der Waals surface area contributed by atoms with Crippen LogP contribution in [0.2, 0.25) is 0 Å². The number of thiophene rings is 1. The first-order valence-electron chi connectivity index (χ1n) is 8.71. The summed E-state index contributed by atoms with van der Waals surface area (Å²) in [4.78, 5) is 26.5. The molecule has 0 unspecified atom stereocenters. The monoisotopic (exact) mass is 382 g/mol. The van der Waals surface area contributed by atoms with Crippen molar-refractivity contribution in [2.75, 3.05) is 10.6 Å². The fraction of sp³-hybridized carbons (Fsp3) is 0.200. The number of phenolic OH excluding ortho intramolecular Hbond substituents is 1. The van der Waals surface area contributed by atoms with Crippen molar-refractivity contribution in [1.82, 2.24) is 0 Å². The summed E-state index contributed by atoms with van der Waals surface area (Å²) in [6, 6.07) is 9.52. The van der Waals surface area contributed by atoms with Gasteiger partial charge in [0.1, 0.15) is 10.8 Å². The van der Waals surface area contributed by atoms with Crippen LogP contribution in [0.1, 0.15) is 44.2 Å². The smallest absolute Gasteiger partial charge is 0.291 e. The second-order valence-corrected chi connectivity index (χ2v) is 7.45. The van der Waals surface area contributed by atoms with Crippen molar-refractivity contribution in [2.24, 2.45) is 0 Å². The van der Waals surface area contributed by atoms with Crippen LogP contribution in [0.5, 0.6) is 5.75 Å². The zero-order valence-electron chi connectivity index (χ0n) is 14.5. The molecule has 2 amide bonds. The number of rotatable bonds is 4. The molecule has 4 rings (SSSR count). The molecule has 2 aromatic heterocycles. The molecule has 2 heterocycles. The predicted molar refractivity (Wildman–Crippen MR) is 104 cm³/mol. The van der Waals surface area contributed by atoms with Gasteiger partial charge in [-0.1, -0.05) is 0 Å². The fourth-order valence-electron chi connectivity index (χ4n) is 3.20. The summed E-state index contributed by atoms with van der Waals surface area (Å²) < 4.78 is 5.15. The second kappa shape index (κ2) is 7.28. The number of aromatic hydroxyl groups is 1. The van der Waals surface area contributed by atoms with Crippen LogP contribution in [0.15, 0.2) is 47.1 Å². The molecule has 1 aliphatic carbocycles. The highest BCUT2D eigenvalue weighted by molar-refractivity contribution is 7.17. The summed E-state index contributed by atoms with van der Waals surface area (Å²) in [6.45, 7) is 0. The summed E-state index contributed by atoms with van der Waals surface area (Å²) in [6.07, 6.45) is 5.27. The minimum absolute atomic E-state index is 0.132. The van der Waals surface area contributed by atoms with Gasteiger partial charge in [-0.25, -0.2) is 0 Å². The standard InChI is InChI=1S/C20H18N2O4S/c23-13-9-7-12(8-10-13)21-19(25)17-14-4-1-2-6-16(14)27-20(17)22-18(24)15-5-3-11-26-15/h3,5,7-11,23H,1-2,4,6H2,(H,21,25)(H,22,24). The van der Waals surface area contributed by atoms with Crippen LogP contribution in [-0.2, 0) is 12.8 Å². The fourth-order valence-corrected chi connectivity index (χ4v) is 4.49. The molecule has 0 saturated carbocycles. The lowest BCUT2D eigenvalue weighted by molar-refractivity contribution is 0.0997. The Hall–Kier alpha value is -3.06. The van der Waals surface area contributed by atoms with E-state index in [0.29, 0.717) is 16.3 Å². The van der Waals surface area contributed by atoms with Gasteiger partial charge in [0, 0.05) is 10.6 Å². The Kier molecular flexibility index (Phi) is 4.68. The summed E-state index contributed by atoms with van der Waals surface area (Å²) >= 11 is 1.45. The third-order valence-corrected chi connectivity index (χ3v) is 5.70. The number of furan rings is 1. The summed E-state index contributed by atoms with van der Waals surface area (Å²) in [5.74, 6) is -0.314. The molecule has 27 heavy (non-hydrogen) atoms. The summed E-state index contributed by atoms with van der Waals surface area (Å²) in [5.41, 5.74) is 2.11. The molecule has 7 heteroatoms. The quantitative estimate of drug-likeness (QED) is 0.582. The van der Waals surface area contributed by atoms with Gasteiger partial charge < -0.3 is 20.2 Å². The SMILES string of the molecule is O=C(Nc1sc2c(c1C(=O)Nc1ccc(O)cc1)CCCC2)c1ccco1. The highest BCUT2D eigenvalue weighted by Crippen LogP contribution is 2.38. The normalized spacial score (nSPS) is 13.0. The highest BCUT2D eigenvalue weighted by Gasteiger charge is 2.27. The Morgan fingerprint density at radius 2 is 1.78 bits per heavy atom. The maximum Gasteiger partial charge on any atom is 0.291 e. The van der Waals surface area contributed by atoms with E-state index in [0.717, 1.165) is 36.1 Å². The number of aryl methyl sites for hydroxylation is 1. The molecule has 0 saturated heterocycles. The zero-order valence-corrected chi connectivity index (χ0v) is 15.3. The van der Waals surface area contributed by atoms with Crippen molar-refractivity contribution in [1.29, 1.82) is 0 Å². The van der Waals surface area contributed by atoms with Crippen molar-refractivity contribution >= 4 is 33.8 Å². The van der Waals surface area contributed by atoms with E-state index in [4.69, 9.17) is 4.42 Å². The number of carbonyl (C=O) groups is 2. The lowest BCUT2D eigenvalue weighted by Crippen LogP contribution is -2.18. The average molecular weight is 382 g/mol. The molecule has 3 aromatic rings. The Morgan fingerprint density at radius 3 is 2.52 bits per heavy atom. The molecule has 0 fully saturated rings. The lowest BCUT2D eigenvalue weighted by Gasteiger charge is -2.13. The highest BCUT2D eigenvalue weighted by atomic mass is 32.1. The topological polar surface area (TPSA) is 91.6 Å². The van der Waals surface area contributed by atoms with Gasteiger partial charge in [-0.15, -0.1) is 11.3 Å². The van der Waals surface area contributed by atoms with Crippen LogP contribution in [0.25, 0.3) is 0 Å². The minimum atomic E-state index is -0.378. The van der Waals surface area contributed by atoms with E-state index in [1.807, 2.05) is 0 Å². The molecule has 138 valence electrons. The second-order valence-electron chi connectivity index (χ2n) is 6.35. The van der Waals surface area contributed by atoms with Gasteiger partial charge in [0.15, 0.2) is 5.76 Å². The van der Waals surface area contributed by atoms with Gasteiger partial charge in [0.2, 0.25) is 0 Å². The molecule has 1 aromatic carbocycles. The molecular formula is C20H18N2O4S. The van der Waals surface area contributed by atoms with Gasteiger partial charge >= 0.3 is 0 Å². The van der Waals surface area contributed by atoms with Gasteiger partial charge in [-0.2, -0.15) is 0 Å². The Balaban J connectivity index is 1.65. The first kappa shape index (κ1) is 17.4. The molecule has 3 N–H and O–H groups in total. The average Bonchev–Trinajstić information content (AvgIpc) is 3.31. The van der Waals surface area contributed by atoms with E-state index in [2.05, 4.69) is 10.6 Å². The first-order valence-corrected chi connectivity index (χ1v) is 9.53. The van der Waals surface area contributed by atoms with E-state index in [1.165, 1.54) is 29.7 Å². The van der Waals surface area contributed by atoms with Gasteiger partial charge in [-0.05, 0) is 67.6 Å². The van der Waals surface area contributed by atoms with Crippen LogP contribution in [0.3, 0.4) is 0 Å². The van der Waals surface area contributed by atoms with E-state index in [9.17, 15) is 14.7 Å². The molecule has 0 atom stereocenters. The molecule has 0 aliphatic heterocycles. The number of phenols is 1. The molecule has 1 aliphatic rings. The van der Waals surface area contributed by atoms with E-state index >= 15 is 0 Å². The van der Waals surface area contributed by atoms with Crippen LogP contribution in [0.4, 0.5) is 10.7 Å². The minimum Gasteiger partial charge on any atom is -0.508 e. The number of carbonyl (C=O) groups excluding carboxylic acids is 2. The number of hydrogen-bond acceptors (Lipinski definition) is 5. The molecule has 0 bridgehead atoms. The Bertz CT molecular complexity index is 974. The number of anilines is 2. The molecular weight excluding hydrogens is 364 g/mol. The van der Waals surface area contributed by atoms with Crippen LogP contribution in [0, 0.1) is 0 Å². The van der Waals surface area contributed by atoms with E-state index in [-0.39, 0.29) is 23.3 Å². The van der Waals surface area contributed by atoms with Crippen LogP contribution >= 0.6 is 11.3 Å². The lowest BCUT2D eigenvalue weighted by atomic mass is 9.95.